The molecule has 0 nitrogen and oxygen atoms in total. The summed E-state index contributed by atoms with van der Waals surface area (Å²) in [6, 6.07) is 16.7. The normalized spacial score (nSPS) is 9.25. The first-order chi connectivity index (χ1) is 7.59. The van der Waals surface area contributed by atoms with E-state index in [4.69, 9.17) is 25.5 Å². The van der Waals surface area contributed by atoms with Crippen molar-refractivity contribution in [2.45, 2.75) is 0 Å². The Hall–Kier alpha value is 0.803. The Kier molecular flexibility index (Phi) is 7.43. The number of hydrogen-bond acceptors (Lipinski definition) is 0. The summed E-state index contributed by atoms with van der Waals surface area (Å²) in [6.45, 7) is 0. The molecule has 2 rings (SSSR count). The van der Waals surface area contributed by atoms with Gasteiger partial charge in [0.15, 0.2) is 0 Å². The Morgan fingerprint density at radius 3 is 1.94 bits per heavy atom. The van der Waals surface area contributed by atoms with Gasteiger partial charge >= 0.3 is 43.7 Å². The van der Waals surface area contributed by atoms with Gasteiger partial charge in [0.25, 0.3) is 0 Å². The standard InChI is InChI=1S/C11H8Br.3ClH.Zr/c12-11-7-5-10(6-8-11)9-3-1-2-4-9;;;;/h1-8H;3*1H;/q-1;;;;+3/p-3. The molecule has 0 unspecified atom stereocenters. The van der Waals surface area contributed by atoms with Crippen molar-refractivity contribution in [2.75, 3.05) is 0 Å². The van der Waals surface area contributed by atoms with Crippen LogP contribution in [0.1, 0.15) is 0 Å². The number of hydrogen-bond donors (Lipinski definition) is 0. The third kappa shape index (κ3) is 5.93. The molecule has 0 radical (unpaired) electrons. The Labute approximate surface area is 122 Å². The molecule has 0 heterocycles. The molecule has 0 N–H and O–H groups in total. The predicted molar refractivity (Wildman–Crippen MR) is 72.7 cm³/mol. The van der Waals surface area contributed by atoms with E-state index in [2.05, 4.69) is 64.5 Å². The van der Waals surface area contributed by atoms with Crippen LogP contribution in [0.4, 0.5) is 0 Å². The van der Waals surface area contributed by atoms with Gasteiger partial charge < -0.3 is 0 Å². The van der Waals surface area contributed by atoms with Crippen molar-refractivity contribution < 1.29 is 18.2 Å². The van der Waals surface area contributed by atoms with Gasteiger partial charge in [-0.3, -0.25) is 0 Å². The molecule has 0 atom stereocenters. The molecule has 5 heteroatoms. The van der Waals surface area contributed by atoms with Gasteiger partial charge in [-0.05, 0) is 12.1 Å². The van der Waals surface area contributed by atoms with Crippen LogP contribution in [0.25, 0.3) is 11.1 Å². The molecule has 0 saturated heterocycles. The molecular formula is C11H8BrCl3Zr-. The van der Waals surface area contributed by atoms with Crippen molar-refractivity contribution in [1.29, 1.82) is 0 Å². The fourth-order valence-corrected chi connectivity index (χ4v) is 1.47. The summed E-state index contributed by atoms with van der Waals surface area (Å²) in [6.07, 6.45) is 0. The molecule has 0 aliphatic carbocycles. The van der Waals surface area contributed by atoms with Crippen LogP contribution >= 0.6 is 41.5 Å². The van der Waals surface area contributed by atoms with Crippen LogP contribution in [-0.4, -0.2) is 0 Å². The molecule has 0 aliphatic rings. The third-order valence-electron chi connectivity index (χ3n) is 1.84. The second-order valence-corrected chi connectivity index (χ2v) is 15.0. The van der Waals surface area contributed by atoms with E-state index < -0.39 is 18.2 Å². The summed E-state index contributed by atoms with van der Waals surface area (Å²) in [5.74, 6) is 0. The second kappa shape index (κ2) is 8.00. The van der Waals surface area contributed by atoms with Crippen molar-refractivity contribution in [3.05, 3.63) is 53.0 Å². The third-order valence-corrected chi connectivity index (χ3v) is 2.37. The molecular weight excluding hydrogens is 410 g/mol. The van der Waals surface area contributed by atoms with Crippen molar-refractivity contribution in [3.8, 4) is 11.1 Å². The number of benzene rings is 1. The maximum atomic E-state index is 5.00. The van der Waals surface area contributed by atoms with Gasteiger partial charge in [0.05, 0.1) is 0 Å². The zero-order valence-corrected chi connectivity index (χ0v) is 14.4. The van der Waals surface area contributed by atoms with Crippen LogP contribution in [0, 0.1) is 0 Å². The Balaban J connectivity index is 0.000000280. The van der Waals surface area contributed by atoms with E-state index in [-0.39, 0.29) is 0 Å². The van der Waals surface area contributed by atoms with Crippen LogP contribution in [0.5, 0.6) is 0 Å². The number of rotatable bonds is 1. The van der Waals surface area contributed by atoms with Gasteiger partial charge in [-0.2, -0.15) is 23.8 Å². The predicted octanol–water partition coefficient (Wildman–Crippen LogP) is 5.90. The molecule has 0 spiro atoms. The van der Waals surface area contributed by atoms with Crippen LogP contribution in [-0.2, 0) is 18.2 Å². The van der Waals surface area contributed by atoms with E-state index in [0.29, 0.717) is 0 Å². The fraction of sp³-hybridized carbons (Fsp3) is 0. The summed E-state index contributed by atoms with van der Waals surface area (Å²) in [7, 11) is 15.0. The van der Waals surface area contributed by atoms with Crippen LogP contribution in [0.2, 0.25) is 0 Å². The molecule has 0 aromatic heterocycles. The van der Waals surface area contributed by atoms with Gasteiger partial charge in [-0.15, -0.1) is 0 Å². The average molecular weight is 418 g/mol. The molecule has 0 fully saturated rings. The fourth-order valence-electron chi connectivity index (χ4n) is 1.21. The van der Waals surface area contributed by atoms with E-state index in [0.717, 1.165) is 4.47 Å². The Bertz CT molecular complexity index is 395. The summed E-state index contributed by atoms with van der Waals surface area (Å²) in [5, 5.41) is 0. The zero-order valence-electron chi connectivity index (χ0n) is 8.13. The molecule has 85 valence electrons. The minimum absolute atomic E-state index is 1.12. The van der Waals surface area contributed by atoms with E-state index in [1.807, 2.05) is 0 Å². The van der Waals surface area contributed by atoms with E-state index >= 15 is 0 Å². The quantitative estimate of drug-likeness (QED) is 0.507. The first-order valence-corrected chi connectivity index (χ1v) is 14.7. The Morgan fingerprint density at radius 1 is 0.938 bits per heavy atom. The minimum atomic E-state index is -2.13. The first kappa shape index (κ1) is 14.9. The molecule has 2 aromatic carbocycles. The van der Waals surface area contributed by atoms with E-state index in [1.54, 1.807) is 0 Å². The maximum absolute atomic E-state index is 5.00. The van der Waals surface area contributed by atoms with Crippen molar-refractivity contribution in [1.82, 2.24) is 0 Å². The average Bonchev–Trinajstić information content (AvgIpc) is 2.71. The van der Waals surface area contributed by atoms with Gasteiger partial charge in [-0.1, -0.05) is 33.6 Å². The van der Waals surface area contributed by atoms with Gasteiger partial charge in [-0.25, -0.2) is 6.07 Å². The van der Waals surface area contributed by atoms with Gasteiger partial charge in [0.1, 0.15) is 0 Å². The first-order valence-electron chi connectivity index (χ1n) is 4.40. The van der Waals surface area contributed by atoms with Gasteiger partial charge in [0, 0.05) is 4.47 Å². The van der Waals surface area contributed by atoms with Gasteiger partial charge in [0.2, 0.25) is 0 Å². The van der Waals surface area contributed by atoms with Crippen molar-refractivity contribution in [3.63, 3.8) is 0 Å². The molecule has 0 bridgehead atoms. The molecule has 16 heavy (non-hydrogen) atoms. The molecule has 0 amide bonds. The van der Waals surface area contributed by atoms with Crippen LogP contribution in [0.3, 0.4) is 0 Å². The van der Waals surface area contributed by atoms with E-state index in [9.17, 15) is 0 Å². The molecule has 0 aliphatic heterocycles. The topological polar surface area (TPSA) is 0 Å². The number of halogens is 4. The monoisotopic (exact) mass is 414 g/mol. The van der Waals surface area contributed by atoms with Crippen LogP contribution in [0.15, 0.2) is 53.0 Å². The SMILES string of the molecule is Brc1ccc(-c2cc[cH-]c2)cc1.[Cl][Zr]([Cl])[Cl]. The zero-order chi connectivity index (χ0) is 12.0. The van der Waals surface area contributed by atoms with Crippen molar-refractivity contribution in [2.24, 2.45) is 0 Å². The van der Waals surface area contributed by atoms with Crippen molar-refractivity contribution >= 4 is 41.5 Å². The summed E-state index contributed by atoms with van der Waals surface area (Å²) in [5.41, 5.74) is 2.55. The summed E-state index contributed by atoms with van der Waals surface area (Å²) >= 11 is 1.28. The Morgan fingerprint density at radius 2 is 1.50 bits per heavy atom. The second-order valence-electron chi connectivity index (χ2n) is 2.89. The summed E-state index contributed by atoms with van der Waals surface area (Å²) < 4.78 is 1.12. The molecule has 0 saturated carbocycles. The summed E-state index contributed by atoms with van der Waals surface area (Å²) in [4.78, 5) is 0. The molecule has 2 aromatic rings. The van der Waals surface area contributed by atoms with E-state index in [1.165, 1.54) is 11.1 Å². The van der Waals surface area contributed by atoms with Crippen LogP contribution < -0.4 is 0 Å².